The fraction of sp³-hybridized carbons (Fsp3) is 0.652. The van der Waals surface area contributed by atoms with Gasteiger partial charge in [0.1, 0.15) is 23.2 Å². The maximum Gasteiger partial charge on any atom is 0.325 e. The minimum absolute atomic E-state index is 0.234. The summed E-state index contributed by atoms with van der Waals surface area (Å²) in [6.07, 6.45) is 6.94. The molecule has 4 amide bonds. The Morgan fingerprint density at radius 2 is 2.06 bits per heavy atom. The van der Waals surface area contributed by atoms with Crippen LogP contribution >= 0.6 is 11.3 Å². The summed E-state index contributed by atoms with van der Waals surface area (Å²) in [6, 6.07) is 1.76. The third-order valence-corrected chi connectivity index (χ3v) is 8.82. The topological polar surface area (TPSA) is 102 Å². The predicted octanol–water partition coefficient (Wildman–Crippen LogP) is 3.96. The number of fused-ring (bicyclic) bond motifs is 1. The van der Waals surface area contributed by atoms with E-state index in [1.54, 1.807) is 0 Å². The highest BCUT2D eigenvalue weighted by molar-refractivity contribution is 7.16. The van der Waals surface area contributed by atoms with Crippen molar-refractivity contribution in [2.24, 2.45) is 11.3 Å². The molecule has 2 aliphatic carbocycles. The molecule has 1 saturated carbocycles. The molecule has 0 unspecified atom stereocenters. The molecule has 1 spiro atoms. The van der Waals surface area contributed by atoms with Gasteiger partial charge in [-0.2, -0.15) is 5.26 Å². The molecule has 1 aromatic heterocycles. The molecule has 0 bridgehead atoms. The van der Waals surface area contributed by atoms with Gasteiger partial charge in [0.05, 0.1) is 5.56 Å². The van der Waals surface area contributed by atoms with Crippen LogP contribution < -0.4 is 10.6 Å². The molecule has 2 fully saturated rings. The van der Waals surface area contributed by atoms with E-state index >= 15 is 0 Å². The molecule has 7 nitrogen and oxygen atoms in total. The first-order chi connectivity index (χ1) is 14.7. The highest BCUT2D eigenvalue weighted by atomic mass is 32.1. The fourth-order valence-corrected chi connectivity index (χ4v) is 6.49. The summed E-state index contributed by atoms with van der Waals surface area (Å²) >= 11 is 1.47. The molecule has 1 aliphatic heterocycles. The minimum Gasteiger partial charge on any atom is -0.323 e. The van der Waals surface area contributed by atoms with Crippen molar-refractivity contribution >= 4 is 34.2 Å². The molecular formula is C23H30N4O3S. The standard InChI is InChI=1S/C23H30N4O3S/c1-4-22(2,3)14-7-8-15-16(12-24)19(31-17(15)11-14)25-18(28)13-27-20(29)23(26-21(27)30)9-5-6-10-23/h14H,4-11,13H2,1-3H3,(H,25,28)(H,26,30)/t14-/m1/s1. The Morgan fingerprint density at radius 1 is 1.35 bits per heavy atom. The molecular weight excluding hydrogens is 412 g/mol. The number of thiophene rings is 1. The quantitative estimate of drug-likeness (QED) is 0.674. The van der Waals surface area contributed by atoms with E-state index in [0.717, 1.165) is 49.0 Å². The summed E-state index contributed by atoms with van der Waals surface area (Å²) in [7, 11) is 0. The lowest BCUT2D eigenvalue weighted by Crippen LogP contribution is -2.44. The Hall–Kier alpha value is -2.40. The summed E-state index contributed by atoms with van der Waals surface area (Å²) < 4.78 is 0. The molecule has 3 aliphatic rings. The minimum atomic E-state index is -0.821. The first-order valence-electron chi connectivity index (χ1n) is 11.2. The van der Waals surface area contributed by atoms with Gasteiger partial charge in [0.15, 0.2) is 0 Å². The molecule has 1 saturated heterocycles. The first kappa shape index (κ1) is 21.8. The van der Waals surface area contributed by atoms with E-state index in [4.69, 9.17) is 0 Å². The number of anilines is 1. The van der Waals surface area contributed by atoms with Gasteiger partial charge in [-0.05, 0) is 49.0 Å². The van der Waals surface area contributed by atoms with E-state index < -0.39 is 17.5 Å². The van der Waals surface area contributed by atoms with E-state index in [9.17, 15) is 19.6 Å². The van der Waals surface area contributed by atoms with Gasteiger partial charge < -0.3 is 10.6 Å². The molecule has 2 N–H and O–H groups in total. The fourth-order valence-electron chi connectivity index (χ4n) is 5.19. The van der Waals surface area contributed by atoms with Crippen LogP contribution in [-0.2, 0) is 22.4 Å². The zero-order chi connectivity index (χ0) is 22.4. The van der Waals surface area contributed by atoms with Crippen molar-refractivity contribution in [2.45, 2.75) is 77.7 Å². The van der Waals surface area contributed by atoms with Crippen LogP contribution in [-0.4, -0.2) is 34.8 Å². The Labute approximate surface area is 187 Å². The van der Waals surface area contributed by atoms with Crippen LogP contribution in [0.2, 0.25) is 0 Å². The zero-order valence-electron chi connectivity index (χ0n) is 18.5. The van der Waals surface area contributed by atoms with Crippen molar-refractivity contribution < 1.29 is 14.4 Å². The highest BCUT2D eigenvalue weighted by Gasteiger charge is 2.52. The molecule has 31 heavy (non-hydrogen) atoms. The molecule has 1 atom stereocenters. The van der Waals surface area contributed by atoms with E-state index in [-0.39, 0.29) is 17.9 Å². The molecule has 4 rings (SSSR count). The van der Waals surface area contributed by atoms with E-state index in [2.05, 4.69) is 37.5 Å². The lowest BCUT2D eigenvalue weighted by molar-refractivity contribution is -0.133. The third kappa shape index (κ3) is 3.73. The summed E-state index contributed by atoms with van der Waals surface area (Å²) in [5.74, 6) is -0.202. The number of carbonyl (C=O) groups is 3. The van der Waals surface area contributed by atoms with Crippen molar-refractivity contribution in [3.8, 4) is 6.07 Å². The Bertz CT molecular complexity index is 968. The van der Waals surface area contributed by atoms with Crippen molar-refractivity contribution in [1.82, 2.24) is 10.2 Å². The number of hydrogen-bond acceptors (Lipinski definition) is 5. The van der Waals surface area contributed by atoms with Crippen molar-refractivity contribution in [3.63, 3.8) is 0 Å². The van der Waals surface area contributed by atoms with Gasteiger partial charge in [-0.25, -0.2) is 4.79 Å². The summed E-state index contributed by atoms with van der Waals surface area (Å²) in [5, 5.41) is 15.9. The van der Waals surface area contributed by atoms with Gasteiger partial charge in [-0.15, -0.1) is 11.3 Å². The zero-order valence-corrected chi connectivity index (χ0v) is 19.3. The van der Waals surface area contributed by atoms with Crippen LogP contribution in [0.5, 0.6) is 0 Å². The molecule has 2 heterocycles. The number of carbonyl (C=O) groups excluding carboxylic acids is 3. The monoisotopic (exact) mass is 442 g/mol. The van der Waals surface area contributed by atoms with Gasteiger partial charge in [-0.1, -0.05) is 40.0 Å². The maximum absolute atomic E-state index is 12.8. The van der Waals surface area contributed by atoms with Gasteiger partial charge in [0.2, 0.25) is 5.91 Å². The smallest absolute Gasteiger partial charge is 0.323 e. The molecule has 8 heteroatoms. The number of imide groups is 1. The molecule has 166 valence electrons. The van der Waals surface area contributed by atoms with Crippen LogP contribution in [0.4, 0.5) is 9.80 Å². The highest BCUT2D eigenvalue weighted by Crippen LogP contribution is 2.45. The van der Waals surface area contributed by atoms with Crippen LogP contribution in [0.1, 0.15) is 75.3 Å². The average molecular weight is 443 g/mol. The van der Waals surface area contributed by atoms with E-state index in [1.165, 1.54) is 16.2 Å². The summed E-state index contributed by atoms with van der Waals surface area (Å²) in [5.41, 5.74) is 0.993. The Kier molecular flexibility index (Phi) is 5.59. The second kappa shape index (κ2) is 7.94. The van der Waals surface area contributed by atoms with Crippen molar-refractivity contribution in [2.75, 3.05) is 11.9 Å². The molecule has 0 radical (unpaired) electrons. The molecule has 1 aromatic rings. The number of urea groups is 1. The number of hydrogen-bond donors (Lipinski definition) is 2. The second-order valence-corrected chi connectivity index (χ2v) is 10.9. The predicted molar refractivity (Wildman–Crippen MR) is 119 cm³/mol. The first-order valence-corrected chi connectivity index (χ1v) is 12.0. The van der Waals surface area contributed by atoms with Gasteiger partial charge in [0, 0.05) is 4.88 Å². The normalized spacial score (nSPS) is 22.4. The molecule has 0 aromatic carbocycles. The second-order valence-electron chi connectivity index (χ2n) is 9.76. The van der Waals surface area contributed by atoms with Gasteiger partial charge >= 0.3 is 6.03 Å². The van der Waals surface area contributed by atoms with Crippen LogP contribution in [0.15, 0.2) is 0 Å². The lowest BCUT2D eigenvalue weighted by atomic mass is 9.69. The largest absolute Gasteiger partial charge is 0.325 e. The van der Waals surface area contributed by atoms with Crippen molar-refractivity contribution in [1.29, 1.82) is 5.26 Å². The number of rotatable bonds is 5. The summed E-state index contributed by atoms with van der Waals surface area (Å²) in [6.45, 7) is 6.46. The van der Waals surface area contributed by atoms with E-state index in [1.807, 2.05) is 0 Å². The van der Waals surface area contributed by atoms with Crippen LogP contribution in [0.25, 0.3) is 0 Å². The maximum atomic E-state index is 12.8. The number of nitrogens with zero attached hydrogens (tertiary/aromatic N) is 2. The lowest BCUT2D eigenvalue weighted by Gasteiger charge is -2.36. The van der Waals surface area contributed by atoms with Crippen LogP contribution in [0.3, 0.4) is 0 Å². The Morgan fingerprint density at radius 3 is 2.71 bits per heavy atom. The van der Waals surface area contributed by atoms with Crippen molar-refractivity contribution in [3.05, 3.63) is 16.0 Å². The number of nitriles is 1. The van der Waals surface area contributed by atoms with Gasteiger partial charge in [-0.3, -0.25) is 14.5 Å². The van der Waals surface area contributed by atoms with Crippen LogP contribution in [0, 0.1) is 22.7 Å². The third-order valence-electron chi connectivity index (χ3n) is 7.65. The average Bonchev–Trinajstić information content (AvgIpc) is 3.40. The van der Waals surface area contributed by atoms with E-state index in [0.29, 0.717) is 29.3 Å². The summed E-state index contributed by atoms with van der Waals surface area (Å²) in [4.78, 5) is 40.0. The Balaban J connectivity index is 1.48. The number of nitrogens with one attached hydrogen (secondary N) is 2. The SMILES string of the molecule is CCC(C)(C)[C@@H]1CCc2c(sc(NC(=O)CN3C(=O)NC4(CCCC4)C3=O)c2C#N)C1. The van der Waals surface area contributed by atoms with Gasteiger partial charge in [0.25, 0.3) is 5.91 Å². The number of amides is 4.